The van der Waals surface area contributed by atoms with E-state index in [1.807, 2.05) is 12.1 Å². The molecule has 27 heavy (non-hydrogen) atoms. The van der Waals surface area contributed by atoms with Gasteiger partial charge < -0.3 is 9.64 Å². The SMILES string of the molecule is Clc1ccc(N2CCN(CCCCOc3cccc4c3CCC4)CC2)cc1. The number of halogens is 1. The Kier molecular flexibility index (Phi) is 6.21. The Morgan fingerprint density at radius 2 is 1.70 bits per heavy atom. The first kappa shape index (κ1) is 18.6. The van der Waals surface area contributed by atoms with E-state index in [2.05, 4.69) is 40.1 Å². The molecule has 2 aliphatic rings. The quantitative estimate of drug-likeness (QED) is 0.637. The molecule has 0 spiro atoms. The number of hydrogen-bond donors (Lipinski definition) is 0. The van der Waals surface area contributed by atoms with Gasteiger partial charge in [-0.05, 0) is 80.1 Å². The molecule has 2 aromatic rings. The third kappa shape index (κ3) is 4.77. The van der Waals surface area contributed by atoms with Gasteiger partial charge in [0.05, 0.1) is 6.61 Å². The van der Waals surface area contributed by atoms with Gasteiger partial charge in [-0.2, -0.15) is 0 Å². The Balaban J connectivity index is 1.14. The molecule has 4 heteroatoms. The zero-order valence-corrected chi connectivity index (χ0v) is 16.8. The second-order valence-electron chi connectivity index (χ2n) is 7.61. The minimum atomic E-state index is 0.806. The fraction of sp³-hybridized carbons (Fsp3) is 0.478. The number of rotatable bonds is 7. The summed E-state index contributed by atoms with van der Waals surface area (Å²) in [5.74, 6) is 1.13. The Labute approximate surface area is 167 Å². The van der Waals surface area contributed by atoms with Crippen LogP contribution in [0.4, 0.5) is 5.69 Å². The topological polar surface area (TPSA) is 15.7 Å². The van der Waals surface area contributed by atoms with Gasteiger partial charge in [0.25, 0.3) is 0 Å². The van der Waals surface area contributed by atoms with E-state index in [-0.39, 0.29) is 0 Å². The van der Waals surface area contributed by atoms with E-state index >= 15 is 0 Å². The zero-order chi connectivity index (χ0) is 18.5. The van der Waals surface area contributed by atoms with Crippen molar-refractivity contribution in [2.45, 2.75) is 32.1 Å². The maximum absolute atomic E-state index is 6.09. The van der Waals surface area contributed by atoms with Crippen molar-refractivity contribution in [2.75, 3.05) is 44.2 Å². The van der Waals surface area contributed by atoms with E-state index in [1.165, 1.54) is 49.0 Å². The summed E-state index contributed by atoms with van der Waals surface area (Å²) >= 11 is 5.99. The lowest BCUT2D eigenvalue weighted by atomic mass is 10.1. The number of benzene rings is 2. The number of piperazine rings is 1. The monoisotopic (exact) mass is 384 g/mol. The highest BCUT2D eigenvalue weighted by atomic mass is 35.5. The summed E-state index contributed by atoms with van der Waals surface area (Å²) < 4.78 is 6.09. The maximum Gasteiger partial charge on any atom is 0.122 e. The first-order chi connectivity index (χ1) is 13.3. The van der Waals surface area contributed by atoms with Crippen LogP contribution in [0.25, 0.3) is 0 Å². The summed E-state index contributed by atoms with van der Waals surface area (Å²) in [7, 11) is 0. The third-order valence-electron chi connectivity index (χ3n) is 5.79. The number of fused-ring (bicyclic) bond motifs is 1. The summed E-state index contributed by atoms with van der Waals surface area (Å²) in [5.41, 5.74) is 4.23. The lowest BCUT2D eigenvalue weighted by Gasteiger charge is -2.36. The molecular formula is C23H29ClN2O. The standard InChI is InChI=1S/C23H29ClN2O/c24-20-9-11-21(12-10-20)26-16-14-25(15-17-26)13-1-2-18-27-23-8-4-6-19-5-3-7-22(19)23/h4,6,8-12H,1-3,5,7,13-18H2. The van der Waals surface area contributed by atoms with E-state index in [9.17, 15) is 0 Å². The number of aryl methyl sites for hydroxylation is 1. The average molecular weight is 385 g/mol. The molecule has 0 aromatic heterocycles. The first-order valence-electron chi connectivity index (χ1n) is 10.3. The van der Waals surface area contributed by atoms with Gasteiger partial charge in [0.2, 0.25) is 0 Å². The number of hydrogen-bond acceptors (Lipinski definition) is 3. The highest BCUT2D eigenvalue weighted by Gasteiger charge is 2.17. The van der Waals surface area contributed by atoms with Crippen LogP contribution in [0.2, 0.25) is 5.02 Å². The van der Waals surface area contributed by atoms with Gasteiger partial charge >= 0.3 is 0 Å². The molecule has 0 N–H and O–H groups in total. The molecule has 1 fully saturated rings. The average Bonchev–Trinajstić information content (AvgIpc) is 3.19. The minimum Gasteiger partial charge on any atom is -0.493 e. The van der Waals surface area contributed by atoms with E-state index in [0.717, 1.165) is 50.0 Å². The Bertz CT molecular complexity index is 739. The van der Waals surface area contributed by atoms with Crippen molar-refractivity contribution in [3.8, 4) is 5.75 Å². The van der Waals surface area contributed by atoms with Crippen molar-refractivity contribution < 1.29 is 4.74 Å². The minimum absolute atomic E-state index is 0.806. The second kappa shape index (κ2) is 8.99. The van der Waals surface area contributed by atoms with Crippen LogP contribution in [0.1, 0.15) is 30.4 Å². The summed E-state index contributed by atoms with van der Waals surface area (Å²) in [4.78, 5) is 5.03. The van der Waals surface area contributed by atoms with Gasteiger partial charge in [0.15, 0.2) is 0 Å². The van der Waals surface area contributed by atoms with Crippen LogP contribution in [0.15, 0.2) is 42.5 Å². The highest BCUT2D eigenvalue weighted by Crippen LogP contribution is 2.30. The van der Waals surface area contributed by atoms with Gasteiger partial charge in [0.1, 0.15) is 5.75 Å². The molecular weight excluding hydrogens is 356 g/mol. The molecule has 0 saturated carbocycles. The highest BCUT2D eigenvalue weighted by molar-refractivity contribution is 6.30. The predicted molar refractivity (Wildman–Crippen MR) is 113 cm³/mol. The molecule has 0 atom stereocenters. The van der Waals surface area contributed by atoms with Crippen molar-refractivity contribution in [1.82, 2.24) is 4.90 Å². The van der Waals surface area contributed by atoms with Crippen LogP contribution in [0.5, 0.6) is 5.75 Å². The molecule has 0 unspecified atom stereocenters. The van der Waals surface area contributed by atoms with Crippen LogP contribution in [-0.4, -0.2) is 44.2 Å². The van der Waals surface area contributed by atoms with Crippen molar-refractivity contribution >= 4 is 17.3 Å². The summed E-state index contributed by atoms with van der Waals surface area (Å²) in [6, 6.07) is 14.7. The maximum atomic E-state index is 6.09. The molecule has 0 amide bonds. The fourth-order valence-electron chi connectivity index (χ4n) is 4.22. The summed E-state index contributed by atoms with van der Waals surface area (Å²) in [6.07, 6.45) is 6.01. The Morgan fingerprint density at radius 1 is 0.889 bits per heavy atom. The lowest BCUT2D eigenvalue weighted by Crippen LogP contribution is -2.46. The smallest absolute Gasteiger partial charge is 0.122 e. The van der Waals surface area contributed by atoms with Crippen LogP contribution in [0, 0.1) is 0 Å². The molecule has 0 bridgehead atoms. The Morgan fingerprint density at radius 3 is 2.52 bits per heavy atom. The summed E-state index contributed by atoms with van der Waals surface area (Å²) in [5, 5.41) is 0.806. The van der Waals surface area contributed by atoms with E-state index in [0.29, 0.717) is 0 Å². The first-order valence-corrected chi connectivity index (χ1v) is 10.6. The zero-order valence-electron chi connectivity index (χ0n) is 16.0. The molecule has 3 nitrogen and oxygen atoms in total. The van der Waals surface area contributed by atoms with Gasteiger partial charge in [0, 0.05) is 36.9 Å². The van der Waals surface area contributed by atoms with Crippen molar-refractivity contribution in [3.05, 3.63) is 58.6 Å². The van der Waals surface area contributed by atoms with Gasteiger partial charge in [-0.1, -0.05) is 23.7 Å². The number of ether oxygens (including phenoxy) is 1. The molecule has 2 aromatic carbocycles. The van der Waals surface area contributed by atoms with Gasteiger partial charge in [-0.15, -0.1) is 0 Å². The number of nitrogens with zero attached hydrogens (tertiary/aromatic N) is 2. The van der Waals surface area contributed by atoms with Crippen molar-refractivity contribution in [3.63, 3.8) is 0 Å². The normalized spacial score (nSPS) is 17.1. The van der Waals surface area contributed by atoms with Crippen molar-refractivity contribution in [1.29, 1.82) is 0 Å². The lowest BCUT2D eigenvalue weighted by molar-refractivity contribution is 0.238. The molecule has 1 aliphatic carbocycles. The van der Waals surface area contributed by atoms with Gasteiger partial charge in [-0.25, -0.2) is 0 Å². The molecule has 1 saturated heterocycles. The molecule has 0 radical (unpaired) electrons. The molecule has 1 aliphatic heterocycles. The molecule has 4 rings (SSSR count). The van der Waals surface area contributed by atoms with Crippen LogP contribution >= 0.6 is 11.6 Å². The van der Waals surface area contributed by atoms with E-state index in [4.69, 9.17) is 16.3 Å². The van der Waals surface area contributed by atoms with Crippen LogP contribution < -0.4 is 9.64 Å². The predicted octanol–water partition coefficient (Wildman–Crippen LogP) is 4.81. The van der Waals surface area contributed by atoms with Crippen LogP contribution in [-0.2, 0) is 12.8 Å². The second-order valence-corrected chi connectivity index (χ2v) is 8.04. The van der Waals surface area contributed by atoms with E-state index in [1.54, 1.807) is 0 Å². The fourth-order valence-corrected chi connectivity index (χ4v) is 4.35. The Hall–Kier alpha value is -1.71. The van der Waals surface area contributed by atoms with Gasteiger partial charge in [-0.3, -0.25) is 4.90 Å². The van der Waals surface area contributed by atoms with Crippen molar-refractivity contribution in [2.24, 2.45) is 0 Å². The van der Waals surface area contributed by atoms with E-state index < -0.39 is 0 Å². The number of anilines is 1. The van der Waals surface area contributed by atoms with Crippen LogP contribution in [0.3, 0.4) is 0 Å². The molecule has 1 heterocycles. The summed E-state index contributed by atoms with van der Waals surface area (Å²) in [6.45, 7) is 6.46. The number of unbranched alkanes of at least 4 members (excludes halogenated alkanes) is 1. The molecule has 144 valence electrons. The largest absolute Gasteiger partial charge is 0.493 e. The third-order valence-corrected chi connectivity index (χ3v) is 6.05.